The van der Waals surface area contributed by atoms with E-state index >= 15 is 0 Å². The Morgan fingerprint density at radius 3 is 2.69 bits per heavy atom. The summed E-state index contributed by atoms with van der Waals surface area (Å²) in [6, 6.07) is 9.75. The van der Waals surface area contributed by atoms with Crippen molar-refractivity contribution in [1.82, 2.24) is 10.4 Å². The van der Waals surface area contributed by atoms with E-state index in [0.29, 0.717) is 6.54 Å². The van der Waals surface area contributed by atoms with E-state index in [2.05, 4.69) is 11.5 Å². The van der Waals surface area contributed by atoms with Gasteiger partial charge in [0.2, 0.25) is 0 Å². The van der Waals surface area contributed by atoms with Gasteiger partial charge in [0.1, 0.15) is 0 Å². The zero-order valence-electron chi connectivity index (χ0n) is 7.91. The molecule has 13 heavy (non-hydrogen) atoms. The van der Waals surface area contributed by atoms with E-state index in [1.807, 2.05) is 43.4 Å². The molecule has 0 bridgehead atoms. The molecule has 0 unspecified atom stereocenters. The Morgan fingerprint density at radius 2 is 2.08 bits per heavy atom. The largest absolute Gasteiger partial charge is 0.251 e. The Bertz CT molecular complexity index is 312. The standard InChI is InChI=1S/C10H13N3/c1-13(2)12-8-10-6-4-3-5-9(10)7-11/h3-6,12H,8H2,1-2H3. The minimum atomic E-state index is 0.691. The third-order valence-corrected chi connectivity index (χ3v) is 1.72. The van der Waals surface area contributed by atoms with Crippen LogP contribution in [0.5, 0.6) is 0 Å². The first kappa shape index (κ1) is 9.72. The Hall–Kier alpha value is -1.37. The second-order valence-corrected chi connectivity index (χ2v) is 3.00. The fraction of sp³-hybridized carbons (Fsp3) is 0.300. The van der Waals surface area contributed by atoms with Crippen molar-refractivity contribution >= 4 is 0 Å². The highest BCUT2D eigenvalue weighted by molar-refractivity contribution is 5.37. The first-order valence-electron chi connectivity index (χ1n) is 4.13. The van der Waals surface area contributed by atoms with Gasteiger partial charge in [-0.1, -0.05) is 18.2 Å². The maximum Gasteiger partial charge on any atom is 0.0995 e. The maximum atomic E-state index is 8.79. The van der Waals surface area contributed by atoms with Crippen LogP contribution in [0.4, 0.5) is 0 Å². The molecule has 3 heteroatoms. The minimum Gasteiger partial charge on any atom is -0.251 e. The van der Waals surface area contributed by atoms with Gasteiger partial charge in [-0.15, -0.1) is 0 Å². The monoisotopic (exact) mass is 175 g/mol. The van der Waals surface area contributed by atoms with Crippen LogP contribution >= 0.6 is 0 Å². The summed E-state index contributed by atoms with van der Waals surface area (Å²) < 4.78 is 0. The third-order valence-electron chi connectivity index (χ3n) is 1.72. The highest BCUT2D eigenvalue weighted by Crippen LogP contribution is 2.06. The lowest BCUT2D eigenvalue weighted by Gasteiger charge is -2.12. The number of hydrazine groups is 1. The van der Waals surface area contributed by atoms with Gasteiger partial charge in [0.05, 0.1) is 11.6 Å². The molecule has 1 aromatic rings. The Morgan fingerprint density at radius 1 is 1.38 bits per heavy atom. The number of hydrogen-bond acceptors (Lipinski definition) is 3. The Kier molecular flexibility index (Phi) is 3.44. The molecule has 0 atom stereocenters. The molecule has 0 aliphatic heterocycles. The van der Waals surface area contributed by atoms with Gasteiger partial charge >= 0.3 is 0 Å². The SMILES string of the molecule is CN(C)NCc1ccccc1C#N. The molecular formula is C10H13N3. The first-order valence-corrected chi connectivity index (χ1v) is 4.13. The van der Waals surface area contributed by atoms with Gasteiger partial charge in [-0.25, -0.2) is 0 Å². The summed E-state index contributed by atoms with van der Waals surface area (Å²) in [6.45, 7) is 0.691. The number of nitriles is 1. The van der Waals surface area contributed by atoms with Crippen molar-refractivity contribution in [1.29, 1.82) is 5.26 Å². The van der Waals surface area contributed by atoms with Gasteiger partial charge in [-0.2, -0.15) is 5.26 Å². The molecule has 0 aromatic heterocycles. The van der Waals surface area contributed by atoms with Gasteiger partial charge in [0, 0.05) is 20.6 Å². The molecule has 0 saturated heterocycles. The fourth-order valence-corrected chi connectivity index (χ4v) is 1.03. The van der Waals surface area contributed by atoms with Crippen LogP contribution in [0.1, 0.15) is 11.1 Å². The minimum absolute atomic E-state index is 0.691. The van der Waals surface area contributed by atoms with Crippen LogP contribution in [-0.4, -0.2) is 19.1 Å². The van der Waals surface area contributed by atoms with Crippen molar-refractivity contribution in [2.75, 3.05) is 14.1 Å². The average molecular weight is 175 g/mol. The second kappa shape index (κ2) is 4.61. The number of benzene rings is 1. The van der Waals surface area contributed by atoms with E-state index in [9.17, 15) is 0 Å². The number of rotatable bonds is 3. The van der Waals surface area contributed by atoms with Gasteiger partial charge in [0.25, 0.3) is 0 Å². The van der Waals surface area contributed by atoms with Gasteiger partial charge in [-0.05, 0) is 11.6 Å². The van der Waals surface area contributed by atoms with E-state index in [1.54, 1.807) is 0 Å². The van der Waals surface area contributed by atoms with Crippen molar-refractivity contribution in [2.45, 2.75) is 6.54 Å². The normalized spacial score (nSPS) is 10.0. The molecule has 0 radical (unpaired) electrons. The third kappa shape index (κ3) is 2.86. The highest BCUT2D eigenvalue weighted by atomic mass is 15.5. The van der Waals surface area contributed by atoms with Crippen LogP contribution in [0, 0.1) is 11.3 Å². The summed E-state index contributed by atoms with van der Waals surface area (Å²) in [5.41, 5.74) is 4.88. The molecule has 0 saturated carbocycles. The summed E-state index contributed by atoms with van der Waals surface area (Å²) in [4.78, 5) is 0. The van der Waals surface area contributed by atoms with Crippen LogP contribution in [0.3, 0.4) is 0 Å². The van der Waals surface area contributed by atoms with Crippen molar-refractivity contribution in [3.8, 4) is 6.07 Å². The molecule has 68 valence electrons. The highest BCUT2D eigenvalue weighted by Gasteiger charge is 1.99. The summed E-state index contributed by atoms with van der Waals surface area (Å²) in [5, 5.41) is 10.7. The molecule has 0 spiro atoms. The first-order chi connectivity index (χ1) is 6.24. The predicted octanol–water partition coefficient (Wildman–Crippen LogP) is 1.12. The Balaban J connectivity index is 2.71. The molecule has 0 amide bonds. The van der Waals surface area contributed by atoms with Crippen LogP contribution in [0.2, 0.25) is 0 Å². The van der Waals surface area contributed by atoms with Gasteiger partial charge < -0.3 is 0 Å². The van der Waals surface area contributed by atoms with E-state index in [-0.39, 0.29) is 0 Å². The van der Waals surface area contributed by atoms with Gasteiger partial charge in [0.15, 0.2) is 0 Å². The summed E-state index contributed by atoms with van der Waals surface area (Å²) in [7, 11) is 3.85. The predicted molar refractivity (Wildman–Crippen MR) is 51.7 cm³/mol. The lowest BCUT2D eigenvalue weighted by Crippen LogP contribution is -2.29. The smallest absolute Gasteiger partial charge is 0.0995 e. The molecule has 0 fully saturated rings. The number of nitrogens with zero attached hydrogens (tertiary/aromatic N) is 2. The van der Waals surface area contributed by atoms with Gasteiger partial charge in [-0.3, -0.25) is 10.4 Å². The topological polar surface area (TPSA) is 39.1 Å². The van der Waals surface area contributed by atoms with Crippen LogP contribution in [0.15, 0.2) is 24.3 Å². The van der Waals surface area contributed by atoms with Crippen molar-refractivity contribution in [2.24, 2.45) is 0 Å². The van der Waals surface area contributed by atoms with Crippen molar-refractivity contribution < 1.29 is 0 Å². The molecule has 1 aromatic carbocycles. The Labute approximate surface area is 78.6 Å². The van der Waals surface area contributed by atoms with E-state index in [4.69, 9.17) is 5.26 Å². The summed E-state index contributed by atoms with van der Waals surface area (Å²) >= 11 is 0. The maximum absolute atomic E-state index is 8.79. The second-order valence-electron chi connectivity index (χ2n) is 3.00. The van der Waals surface area contributed by atoms with E-state index < -0.39 is 0 Å². The molecular weight excluding hydrogens is 162 g/mol. The van der Waals surface area contributed by atoms with E-state index in [0.717, 1.165) is 11.1 Å². The van der Waals surface area contributed by atoms with Crippen LogP contribution in [0.25, 0.3) is 0 Å². The van der Waals surface area contributed by atoms with Crippen molar-refractivity contribution in [3.63, 3.8) is 0 Å². The summed E-state index contributed by atoms with van der Waals surface area (Å²) in [6.07, 6.45) is 0. The number of hydrogen-bond donors (Lipinski definition) is 1. The average Bonchev–Trinajstić information content (AvgIpc) is 2.15. The molecule has 0 aliphatic rings. The van der Waals surface area contributed by atoms with E-state index in [1.165, 1.54) is 0 Å². The molecule has 1 rings (SSSR count). The molecule has 0 aliphatic carbocycles. The zero-order valence-corrected chi connectivity index (χ0v) is 7.91. The number of nitrogens with one attached hydrogen (secondary N) is 1. The molecule has 1 N–H and O–H groups in total. The fourth-order valence-electron chi connectivity index (χ4n) is 1.03. The zero-order chi connectivity index (χ0) is 9.68. The van der Waals surface area contributed by atoms with Crippen LogP contribution in [-0.2, 0) is 6.54 Å². The molecule has 3 nitrogen and oxygen atoms in total. The van der Waals surface area contributed by atoms with Crippen LogP contribution < -0.4 is 5.43 Å². The quantitative estimate of drug-likeness (QED) is 0.700. The lowest BCUT2D eigenvalue weighted by molar-refractivity contribution is 0.286. The molecule has 0 heterocycles. The lowest BCUT2D eigenvalue weighted by atomic mass is 10.1. The summed E-state index contributed by atoms with van der Waals surface area (Å²) in [5.74, 6) is 0. The van der Waals surface area contributed by atoms with Crippen molar-refractivity contribution in [3.05, 3.63) is 35.4 Å².